The molecule has 3 rings (SSSR count). The van der Waals surface area contributed by atoms with Crippen LogP contribution in [0.1, 0.15) is 31.0 Å². The number of nitrogens with one attached hydrogen (secondary N) is 3. The number of rotatable bonds is 13. The van der Waals surface area contributed by atoms with Crippen molar-refractivity contribution in [2.24, 2.45) is 5.10 Å². The van der Waals surface area contributed by atoms with Crippen LogP contribution in [0.25, 0.3) is 0 Å². The van der Waals surface area contributed by atoms with Crippen molar-refractivity contribution < 1.29 is 33.6 Å². The highest BCUT2D eigenvalue weighted by Crippen LogP contribution is 2.35. The second-order valence-corrected chi connectivity index (χ2v) is 10.7. The number of methoxy groups -OCH3 is 1. The van der Waals surface area contributed by atoms with Crippen LogP contribution in [-0.4, -0.2) is 56.5 Å². The Labute approximate surface area is 259 Å². The van der Waals surface area contributed by atoms with Crippen molar-refractivity contribution in [3.05, 3.63) is 72.5 Å². The first-order valence-electron chi connectivity index (χ1n) is 12.1. The van der Waals surface area contributed by atoms with Crippen molar-refractivity contribution in [1.82, 2.24) is 16.1 Å². The average molecular weight is 776 g/mol. The van der Waals surface area contributed by atoms with Crippen molar-refractivity contribution in [2.75, 3.05) is 26.9 Å². The van der Waals surface area contributed by atoms with E-state index in [0.29, 0.717) is 36.0 Å². The number of amides is 2. The van der Waals surface area contributed by atoms with E-state index in [0.717, 1.165) is 18.5 Å². The van der Waals surface area contributed by atoms with Gasteiger partial charge in [-0.2, -0.15) is 5.10 Å². The van der Waals surface area contributed by atoms with Crippen molar-refractivity contribution in [1.29, 1.82) is 0 Å². The van der Waals surface area contributed by atoms with Gasteiger partial charge in [0.25, 0.3) is 0 Å². The summed E-state index contributed by atoms with van der Waals surface area (Å²) in [6, 6.07) is 7.67. The molecule has 0 fully saturated rings. The molecule has 13 heteroatoms. The maximum Gasteiger partial charge on any atom is 0.337 e. The Morgan fingerprint density at radius 3 is 2.58 bits per heavy atom. The summed E-state index contributed by atoms with van der Waals surface area (Å²) in [5.41, 5.74) is 4.74. The van der Waals surface area contributed by atoms with Gasteiger partial charge in [0.1, 0.15) is 19.0 Å². The molecule has 0 radical (unpaired) electrons. The van der Waals surface area contributed by atoms with E-state index in [1.807, 2.05) is 19.1 Å². The zero-order valence-electron chi connectivity index (χ0n) is 22.1. The Hall–Kier alpha value is -3.05. The summed E-state index contributed by atoms with van der Waals surface area (Å²) in [7, 11) is 1.28. The van der Waals surface area contributed by atoms with Crippen LogP contribution in [0.15, 0.2) is 59.4 Å². The number of aliphatic hydroxyl groups excluding tert-OH is 1. The number of benzene rings is 2. The molecule has 40 heavy (non-hydrogen) atoms. The largest absolute Gasteiger partial charge is 0.490 e. The summed E-state index contributed by atoms with van der Waals surface area (Å²) < 4.78 is 24.0. The maximum atomic E-state index is 12.4. The molecule has 0 saturated carbocycles. The summed E-state index contributed by atoms with van der Waals surface area (Å²) in [5.74, 6) is 0.971. The van der Waals surface area contributed by atoms with E-state index in [1.165, 1.54) is 7.11 Å². The molecular weight excluding hydrogens is 746 g/mol. The van der Waals surface area contributed by atoms with E-state index in [2.05, 4.69) is 72.9 Å². The van der Waals surface area contributed by atoms with Crippen molar-refractivity contribution in [3.8, 4) is 17.2 Å². The first kappa shape index (κ1) is 31.5. The van der Waals surface area contributed by atoms with Gasteiger partial charge in [-0.05, 0) is 94.4 Å². The van der Waals surface area contributed by atoms with Gasteiger partial charge in [0, 0.05) is 5.70 Å². The van der Waals surface area contributed by atoms with Crippen LogP contribution in [0.2, 0.25) is 0 Å². The van der Waals surface area contributed by atoms with E-state index < -0.39 is 24.3 Å². The second kappa shape index (κ2) is 15.1. The highest BCUT2D eigenvalue weighted by molar-refractivity contribution is 14.1. The van der Waals surface area contributed by atoms with Crippen LogP contribution in [0.4, 0.5) is 4.79 Å². The number of ether oxygens (including phenoxy) is 4. The lowest BCUT2D eigenvalue weighted by Crippen LogP contribution is -2.45. The first-order chi connectivity index (χ1) is 19.2. The van der Waals surface area contributed by atoms with Crippen LogP contribution >= 0.6 is 45.2 Å². The Kier molecular flexibility index (Phi) is 11.9. The number of hydrogen-bond donors (Lipinski definition) is 4. The van der Waals surface area contributed by atoms with Gasteiger partial charge in [0.2, 0.25) is 0 Å². The van der Waals surface area contributed by atoms with Gasteiger partial charge in [0.05, 0.1) is 38.7 Å². The number of urea groups is 1. The van der Waals surface area contributed by atoms with Crippen molar-refractivity contribution >= 4 is 63.4 Å². The third-order valence-electron chi connectivity index (χ3n) is 5.48. The van der Waals surface area contributed by atoms with E-state index in [9.17, 15) is 14.7 Å². The smallest absolute Gasteiger partial charge is 0.337 e. The van der Waals surface area contributed by atoms with E-state index in [4.69, 9.17) is 18.9 Å². The molecule has 11 nitrogen and oxygen atoms in total. The highest BCUT2D eigenvalue weighted by Gasteiger charge is 2.32. The van der Waals surface area contributed by atoms with Crippen LogP contribution in [-0.2, 0) is 9.53 Å². The lowest BCUT2D eigenvalue weighted by molar-refractivity contribution is -0.136. The Morgan fingerprint density at radius 1 is 1.20 bits per heavy atom. The summed E-state index contributed by atoms with van der Waals surface area (Å²) >= 11 is 4.39. The number of esters is 1. The SMILES string of the molecule is C=CCOc1c(I)cc(/C=N\N[C@@H](O)COc2ccc([C@H]3NC(=O)NC(C)=C3C(=O)OC)cc2OCC)cc1I. The van der Waals surface area contributed by atoms with Gasteiger partial charge in [-0.3, -0.25) is 5.43 Å². The highest BCUT2D eigenvalue weighted by atomic mass is 127. The first-order valence-corrected chi connectivity index (χ1v) is 14.3. The van der Waals surface area contributed by atoms with Gasteiger partial charge < -0.3 is 34.7 Å². The van der Waals surface area contributed by atoms with Crippen LogP contribution < -0.4 is 30.3 Å². The lowest BCUT2D eigenvalue weighted by Gasteiger charge is -2.28. The summed E-state index contributed by atoms with van der Waals surface area (Å²) in [4.78, 5) is 24.5. The van der Waals surface area contributed by atoms with Gasteiger partial charge in [-0.15, -0.1) is 0 Å². The van der Waals surface area contributed by atoms with E-state index in [-0.39, 0.29) is 12.2 Å². The molecule has 0 aromatic heterocycles. The fraction of sp³-hybridized carbons (Fsp3) is 0.296. The molecule has 0 unspecified atom stereocenters. The molecule has 1 aliphatic rings. The van der Waals surface area contributed by atoms with Gasteiger partial charge in [-0.25, -0.2) is 9.59 Å². The molecule has 2 aromatic carbocycles. The predicted octanol–water partition coefficient (Wildman–Crippen LogP) is 3.98. The third-order valence-corrected chi connectivity index (χ3v) is 7.08. The summed E-state index contributed by atoms with van der Waals surface area (Å²) in [5, 5.41) is 19.8. The van der Waals surface area contributed by atoms with Crippen molar-refractivity contribution in [3.63, 3.8) is 0 Å². The number of aliphatic hydroxyl groups is 1. The van der Waals surface area contributed by atoms with Gasteiger partial charge >= 0.3 is 12.0 Å². The molecule has 0 saturated heterocycles. The quantitative estimate of drug-likeness (QED) is 0.0599. The lowest BCUT2D eigenvalue weighted by atomic mass is 9.95. The fourth-order valence-corrected chi connectivity index (χ4v) is 5.88. The molecule has 2 amide bonds. The van der Waals surface area contributed by atoms with Crippen LogP contribution in [0, 0.1) is 7.14 Å². The normalized spacial score (nSPS) is 15.7. The molecule has 0 spiro atoms. The summed E-state index contributed by atoms with van der Waals surface area (Å²) in [6.45, 7) is 7.75. The zero-order chi connectivity index (χ0) is 29.2. The molecule has 4 N–H and O–H groups in total. The number of hydrogen-bond acceptors (Lipinski definition) is 9. The van der Waals surface area contributed by atoms with Crippen LogP contribution in [0.3, 0.4) is 0 Å². The summed E-state index contributed by atoms with van der Waals surface area (Å²) in [6.07, 6.45) is 2.17. The number of nitrogens with zero attached hydrogens (tertiary/aromatic N) is 1. The monoisotopic (exact) mass is 776 g/mol. The molecule has 1 heterocycles. The van der Waals surface area contributed by atoms with Crippen LogP contribution in [0.5, 0.6) is 17.2 Å². The second-order valence-electron chi connectivity index (χ2n) is 8.33. The minimum absolute atomic E-state index is 0.128. The Balaban J connectivity index is 1.68. The zero-order valence-corrected chi connectivity index (χ0v) is 26.4. The number of carbonyl (C=O) groups excluding carboxylic acids is 2. The number of carbonyl (C=O) groups is 2. The van der Waals surface area contributed by atoms with Gasteiger partial charge in [-0.1, -0.05) is 18.7 Å². The maximum absolute atomic E-state index is 12.4. The number of hydrazone groups is 1. The number of allylic oxidation sites excluding steroid dienone is 1. The minimum atomic E-state index is -1.11. The minimum Gasteiger partial charge on any atom is -0.490 e. The molecule has 0 aliphatic carbocycles. The van der Waals surface area contributed by atoms with E-state index in [1.54, 1.807) is 37.4 Å². The molecular formula is C27H30I2N4O7. The molecule has 2 atom stereocenters. The molecule has 1 aliphatic heterocycles. The third kappa shape index (κ3) is 8.23. The average Bonchev–Trinajstić information content (AvgIpc) is 2.91. The molecule has 2 aromatic rings. The molecule has 214 valence electrons. The van der Waals surface area contributed by atoms with Gasteiger partial charge in [0.15, 0.2) is 17.7 Å². The molecule has 0 bridgehead atoms. The number of halogens is 2. The predicted molar refractivity (Wildman–Crippen MR) is 167 cm³/mol. The van der Waals surface area contributed by atoms with Crippen molar-refractivity contribution in [2.45, 2.75) is 26.1 Å². The Morgan fingerprint density at radius 2 is 1.93 bits per heavy atom. The topological polar surface area (TPSA) is 140 Å². The Bertz CT molecular complexity index is 1290. The standard InChI is InChI=1S/C27H30I2N4O7/c1-5-9-39-25-18(28)10-16(11-19(25)29)13-30-33-22(34)14-40-20-8-7-17(12-21(20)38-6-2)24-23(26(35)37-4)15(3)31-27(36)32-24/h5,7-8,10-13,22,24,33-34H,1,6,9,14H2,2-4H3,(H2,31,32,36)/b30-13-/t22-,24+/m0/s1. The fourth-order valence-electron chi connectivity index (χ4n) is 3.75. The van der Waals surface area contributed by atoms with E-state index >= 15 is 0 Å².